The second-order valence-electron chi connectivity index (χ2n) is 0. The zero-order valence-electron chi connectivity index (χ0n) is 1.99. The van der Waals surface area contributed by atoms with Gasteiger partial charge in [-0.1, -0.05) is 0 Å². The number of rotatable bonds is 0. The molecule has 0 saturated heterocycles. The largest absolute Gasteiger partial charge is 0 e. The number of hydrogen-bond donors (Lipinski definition) is 0. The van der Waals surface area contributed by atoms with Crippen LogP contribution in [0, 0.1) is 0 Å². The maximum absolute atomic E-state index is 0. The first-order valence-electron chi connectivity index (χ1n) is 0. The van der Waals surface area contributed by atoms with Crippen LogP contribution in [0.15, 0.2) is 0 Å². The third-order valence-electron chi connectivity index (χ3n) is 0. The second kappa shape index (κ2) is 19.2. The molecule has 0 atom stereocenters. The molecule has 0 aliphatic rings. The molecule has 0 aromatic heterocycles. The van der Waals surface area contributed by atoms with E-state index >= 15 is 0 Å². The van der Waals surface area contributed by atoms with Gasteiger partial charge < -0.3 is 0 Å². The average Bonchev–Trinajstić information content (AvgIpc) is 0. The zero-order chi connectivity index (χ0) is 0. The molecule has 4 heteroatoms. The molecular weight excluding hydrogens is 287 g/mol. The summed E-state index contributed by atoms with van der Waals surface area (Å²) < 4.78 is 0. The molecule has 0 aliphatic heterocycles. The summed E-state index contributed by atoms with van der Waals surface area (Å²) >= 11 is 0. The quantitative estimate of drug-likeness (QED) is 0.513. The van der Waals surface area contributed by atoms with E-state index in [-0.39, 0.29) is 71.1 Å². The van der Waals surface area contributed by atoms with Crippen LogP contribution >= 0.6 is 0 Å². The van der Waals surface area contributed by atoms with Gasteiger partial charge in [0.25, 0.3) is 0 Å². The predicted molar refractivity (Wildman–Crippen MR) is 11.5 cm³/mol. The fourth-order valence-electron chi connectivity index (χ4n) is 0. The topological polar surface area (TPSA) is 0 Å². The summed E-state index contributed by atoms with van der Waals surface area (Å²) in [6, 6.07) is 0. The normalized spacial score (nSPS) is 0. The summed E-state index contributed by atoms with van der Waals surface area (Å²) in [6.45, 7) is 0. The molecule has 0 bridgehead atoms. The third kappa shape index (κ3) is 8.91. The Morgan fingerprint density at radius 1 is 1.00 bits per heavy atom. The molecule has 0 fully saturated rings. The van der Waals surface area contributed by atoms with Crippen LogP contribution in [0.3, 0.4) is 0 Å². The van der Waals surface area contributed by atoms with Gasteiger partial charge in [-0.2, -0.15) is 0 Å². The van der Waals surface area contributed by atoms with Crippen molar-refractivity contribution in [1.82, 2.24) is 0 Å². The summed E-state index contributed by atoms with van der Waals surface area (Å²) in [5.74, 6) is 0. The molecule has 0 spiro atoms. The average molecular weight is 287 g/mol. The Labute approximate surface area is 70.4 Å². The third-order valence-corrected chi connectivity index (χ3v) is 0. The zero-order valence-corrected chi connectivity index (χ0v) is 8.64. The van der Waals surface area contributed by atoms with Crippen molar-refractivity contribution in [3.05, 3.63) is 0 Å². The van der Waals surface area contributed by atoms with Gasteiger partial charge in [-0.05, 0) is 0 Å². The van der Waals surface area contributed by atoms with Crippen LogP contribution in [0.1, 0.15) is 0 Å². The molecule has 0 heterocycles. The van der Waals surface area contributed by atoms with E-state index in [1.165, 1.54) is 0 Å². The Hall–Kier alpha value is 2.15. The standard InChI is InChI=1S/Al.Si.Ti.W. The molecule has 0 unspecified atom stereocenters. The SMILES string of the molecule is [Al].[Si].[Ti].[W]. The molecule has 17 valence electrons. The Morgan fingerprint density at radius 2 is 1.00 bits per heavy atom. The van der Waals surface area contributed by atoms with Crippen LogP contribution in [0.25, 0.3) is 0 Å². The summed E-state index contributed by atoms with van der Waals surface area (Å²) in [6.07, 6.45) is 0. The van der Waals surface area contributed by atoms with Crippen molar-refractivity contribution >= 4 is 28.3 Å². The molecule has 0 rings (SSSR count). The summed E-state index contributed by atoms with van der Waals surface area (Å²) in [5, 5.41) is 0. The maximum Gasteiger partial charge on any atom is 0 e. The molecule has 0 N–H and O–H groups in total. The van der Waals surface area contributed by atoms with E-state index in [9.17, 15) is 0 Å². The van der Waals surface area contributed by atoms with Crippen molar-refractivity contribution in [1.29, 1.82) is 0 Å². The van der Waals surface area contributed by atoms with E-state index in [0.717, 1.165) is 0 Å². The van der Waals surface area contributed by atoms with E-state index in [1.807, 2.05) is 0 Å². The van der Waals surface area contributed by atoms with Crippen molar-refractivity contribution in [3.63, 3.8) is 0 Å². The smallest absolute Gasteiger partial charge is 0 e. The summed E-state index contributed by atoms with van der Waals surface area (Å²) in [5.41, 5.74) is 0. The van der Waals surface area contributed by atoms with Gasteiger partial charge in [-0.25, -0.2) is 0 Å². The summed E-state index contributed by atoms with van der Waals surface area (Å²) in [4.78, 5) is 0. The van der Waals surface area contributed by atoms with Crippen molar-refractivity contribution in [3.8, 4) is 0 Å². The molecule has 0 aromatic rings. The van der Waals surface area contributed by atoms with Gasteiger partial charge >= 0.3 is 0 Å². The van der Waals surface area contributed by atoms with E-state index in [4.69, 9.17) is 0 Å². The first kappa shape index (κ1) is 35.3. The van der Waals surface area contributed by atoms with Gasteiger partial charge in [0, 0.05) is 71.1 Å². The molecule has 4 heavy (non-hydrogen) atoms. The summed E-state index contributed by atoms with van der Waals surface area (Å²) in [7, 11) is 0. The van der Waals surface area contributed by atoms with Crippen LogP contribution < -0.4 is 0 Å². The van der Waals surface area contributed by atoms with Crippen molar-refractivity contribution in [2.45, 2.75) is 0 Å². The van der Waals surface area contributed by atoms with Crippen molar-refractivity contribution in [2.75, 3.05) is 0 Å². The van der Waals surface area contributed by atoms with Crippen molar-refractivity contribution < 1.29 is 42.8 Å². The number of hydrogen-bond acceptors (Lipinski definition) is 0. The van der Waals surface area contributed by atoms with Crippen LogP contribution in [0.2, 0.25) is 0 Å². The molecular formula is AlSiTiW. The van der Waals surface area contributed by atoms with Gasteiger partial charge in [-0.15, -0.1) is 0 Å². The monoisotopic (exact) mass is 287 g/mol. The van der Waals surface area contributed by atoms with Gasteiger partial charge in [0.2, 0.25) is 0 Å². The molecule has 0 nitrogen and oxygen atoms in total. The fourth-order valence-corrected chi connectivity index (χ4v) is 0. The molecule has 0 aromatic carbocycles. The Morgan fingerprint density at radius 3 is 1.00 bits per heavy atom. The Balaban J connectivity index is 0. The maximum atomic E-state index is 0. The minimum Gasteiger partial charge on any atom is 0 e. The van der Waals surface area contributed by atoms with E-state index in [1.54, 1.807) is 0 Å². The van der Waals surface area contributed by atoms with E-state index < -0.39 is 0 Å². The molecule has 7 radical (unpaired) electrons. The van der Waals surface area contributed by atoms with Crippen LogP contribution in [0.4, 0.5) is 0 Å². The predicted octanol–water partition coefficient (Wildman–Crippen LogP) is -0.767. The second-order valence-corrected chi connectivity index (χ2v) is 0. The minimum absolute atomic E-state index is 0. The van der Waals surface area contributed by atoms with Crippen LogP contribution in [0.5, 0.6) is 0 Å². The first-order chi connectivity index (χ1) is 0. The van der Waals surface area contributed by atoms with E-state index in [0.29, 0.717) is 0 Å². The Bertz CT molecular complexity index is 8.00. The Kier molecular flexibility index (Phi) is 169. The minimum atomic E-state index is 0. The van der Waals surface area contributed by atoms with E-state index in [2.05, 4.69) is 0 Å². The fraction of sp³-hybridized carbons (Fsp3) is 0. The van der Waals surface area contributed by atoms with Crippen LogP contribution in [-0.2, 0) is 42.8 Å². The van der Waals surface area contributed by atoms with Crippen LogP contribution in [-0.4, -0.2) is 28.3 Å². The van der Waals surface area contributed by atoms with Gasteiger partial charge in [0.15, 0.2) is 0 Å². The van der Waals surface area contributed by atoms with Gasteiger partial charge in [-0.3, -0.25) is 0 Å². The molecule has 0 amide bonds. The van der Waals surface area contributed by atoms with Gasteiger partial charge in [0.1, 0.15) is 0 Å². The molecule has 0 aliphatic carbocycles. The molecule has 0 saturated carbocycles. The van der Waals surface area contributed by atoms with Crippen molar-refractivity contribution in [2.24, 2.45) is 0 Å². The first-order valence-corrected chi connectivity index (χ1v) is 0. The van der Waals surface area contributed by atoms with Gasteiger partial charge in [0.05, 0.1) is 0 Å².